The predicted octanol–water partition coefficient (Wildman–Crippen LogP) is 3.35. The molecule has 2 aromatic rings. The number of pyridine rings is 1. The van der Waals surface area contributed by atoms with E-state index < -0.39 is 17.7 Å². The highest BCUT2D eigenvalue weighted by atomic mass is 19.4. The molecular weight excluding hydrogens is 347 g/mol. The van der Waals surface area contributed by atoms with Crippen molar-refractivity contribution >= 4 is 11.8 Å². The number of carbonyl (C=O) groups is 1. The van der Waals surface area contributed by atoms with Crippen LogP contribution in [-0.4, -0.2) is 48.6 Å². The predicted molar refractivity (Wildman–Crippen MR) is 93.0 cm³/mol. The Balaban J connectivity index is 2.30. The summed E-state index contributed by atoms with van der Waals surface area (Å²) in [5, 5.41) is 8.77. The van der Waals surface area contributed by atoms with Crippen LogP contribution < -0.4 is 4.90 Å². The summed E-state index contributed by atoms with van der Waals surface area (Å²) in [6.07, 6.45) is -4.46. The average molecular weight is 367 g/mol. The number of hydrogen-bond acceptors (Lipinski definition) is 4. The van der Waals surface area contributed by atoms with E-state index in [1.54, 1.807) is 50.3 Å². The zero-order chi connectivity index (χ0) is 19.5. The van der Waals surface area contributed by atoms with Crippen molar-refractivity contribution in [2.45, 2.75) is 12.7 Å². The Morgan fingerprint density at radius 3 is 2.23 bits per heavy atom. The molecule has 0 aliphatic rings. The number of nitrogens with zero attached hydrogens (tertiary/aromatic N) is 3. The van der Waals surface area contributed by atoms with Gasteiger partial charge in [0.25, 0.3) is 0 Å². The number of aliphatic carboxylic acids is 1. The monoisotopic (exact) mass is 367 g/mol. The van der Waals surface area contributed by atoms with E-state index in [-0.39, 0.29) is 18.1 Å². The van der Waals surface area contributed by atoms with E-state index in [1.165, 1.54) is 4.90 Å². The molecule has 0 radical (unpaired) electrons. The third kappa shape index (κ3) is 5.19. The fourth-order valence-corrected chi connectivity index (χ4v) is 2.44. The first-order chi connectivity index (χ1) is 12.1. The number of carboxylic acid groups (broad SMARTS) is 1. The van der Waals surface area contributed by atoms with Crippen molar-refractivity contribution < 1.29 is 23.1 Å². The molecule has 26 heavy (non-hydrogen) atoms. The third-order valence-corrected chi connectivity index (χ3v) is 3.70. The summed E-state index contributed by atoms with van der Waals surface area (Å²) in [4.78, 5) is 18.1. The van der Waals surface area contributed by atoms with E-state index in [0.717, 1.165) is 17.7 Å². The number of anilines is 1. The molecule has 0 fully saturated rings. The Morgan fingerprint density at radius 2 is 1.73 bits per heavy atom. The van der Waals surface area contributed by atoms with Gasteiger partial charge in [0.2, 0.25) is 0 Å². The van der Waals surface area contributed by atoms with E-state index in [2.05, 4.69) is 4.98 Å². The summed E-state index contributed by atoms with van der Waals surface area (Å²) in [6, 6.07) is 8.92. The van der Waals surface area contributed by atoms with Gasteiger partial charge < -0.3 is 10.0 Å². The first kappa shape index (κ1) is 19.7. The van der Waals surface area contributed by atoms with Gasteiger partial charge in [0.1, 0.15) is 5.82 Å². The first-order valence-electron chi connectivity index (χ1n) is 7.82. The van der Waals surface area contributed by atoms with E-state index >= 15 is 0 Å². The molecule has 0 saturated heterocycles. The minimum Gasteiger partial charge on any atom is -0.480 e. The van der Waals surface area contributed by atoms with Gasteiger partial charge in [-0.3, -0.25) is 9.69 Å². The maximum absolute atomic E-state index is 13.1. The topological polar surface area (TPSA) is 56.7 Å². The van der Waals surface area contributed by atoms with Gasteiger partial charge in [0.05, 0.1) is 17.8 Å². The molecule has 2 rings (SSSR count). The molecule has 0 bridgehead atoms. The van der Waals surface area contributed by atoms with Gasteiger partial charge >= 0.3 is 12.1 Å². The lowest BCUT2D eigenvalue weighted by molar-refractivity contribution is -0.138. The van der Waals surface area contributed by atoms with E-state index in [4.69, 9.17) is 5.11 Å². The van der Waals surface area contributed by atoms with Gasteiger partial charge in [-0.15, -0.1) is 0 Å². The molecule has 0 aliphatic carbocycles. The van der Waals surface area contributed by atoms with Crippen LogP contribution in [0.2, 0.25) is 0 Å². The van der Waals surface area contributed by atoms with Gasteiger partial charge in [-0.05, 0) is 24.7 Å². The highest BCUT2D eigenvalue weighted by molar-refractivity contribution is 5.69. The number of carboxylic acids is 1. The molecule has 8 heteroatoms. The lowest BCUT2D eigenvalue weighted by Gasteiger charge is -2.17. The van der Waals surface area contributed by atoms with Crippen molar-refractivity contribution in [1.29, 1.82) is 0 Å². The molecule has 1 aromatic heterocycles. The number of aromatic nitrogens is 1. The second-order valence-corrected chi connectivity index (χ2v) is 6.25. The molecule has 1 N–H and O–H groups in total. The first-order valence-corrected chi connectivity index (χ1v) is 7.82. The number of benzene rings is 1. The number of rotatable bonds is 6. The van der Waals surface area contributed by atoms with Crippen molar-refractivity contribution in [2.75, 3.05) is 32.6 Å². The van der Waals surface area contributed by atoms with Gasteiger partial charge in [-0.25, -0.2) is 4.98 Å². The molecule has 0 aliphatic heterocycles. The van der Waals surface area contributed by atoms with E-state index in [9.17, 15) is 18.0 Å². The number of likely N-dealkylation sites (N-methyl/N-ethyl adjacent to an activating group) is 1. The quantitative estimate of drug-likeness (QED) is 0.849. The smallest absolute Gasteiger partial charge is 0.416 e. The molecule has 0 amide bonds. The van der Waals surface area contributed by atoms with Crippen LogP contribution in [-0.2, 0) is 17.5 Å². The number of alkyl halides is 3. The molecule has 0 atom stereocenters. The zero-order valence-corrected chi connectivity index (χ0v) is 14.7. The third-order valence-electron chi connectivity index (χ3n) is 3.70. The Hall–Kier alpha value is -2.61. The SMILES string of the molecule is CN(CC(=O)O)Cc1ccc(-c2cc(C(F)(F)F)cc(N(C)C)n2)cc1. The Morgan fingerprint density at radius 1 is 1.12 bits per heavy atom. The minimum absolute atomic E-state index is 0.0941. The summed E-state index contributed by atoms with van der Waals surface area (Å²) < 4.78 is 39.4. The molecule has 1 aromatic carbocycles. The standard InChI is InChI=1S/C18H20F3N3O2/c1-23(2)16-9-14(18(19,20)21)8-15(22-16)13-6-4-12(5-7-13)10-24(3)11-17(25)26/h4-9H,10-11H2,1-3H3,(H,25,26). The minimum atomic E-state index is -4.46. The van der Waals surface area contributed by atoms with E-state index in [1.807, 2.05) is 0 Å². The van der Waals surface area contributed by atoms with Gasteiger partial charge in [-0.2, -0.15) is 13.2 Å². The average Bonchev–Trinajstić information content (AvgIpc) is 2.53. The lowest BCUT2D eigenvalue weighted by atomic mass is 10.1. The summed E-state index contributed by atoms with van der Waals surface area (Å²) in [6.45, 7) is 0.328. The number of halogens is 3. The van der Waals surface area contributed by atoms with Crippen molar-refractivity contribution in [3.63, 3.8) is 0 Å². The van der Waals surface area contributed by atoms with Crippen LogP contribution in [0.4, 0.5) is 19.0 Å². The number of hydrogen-bond donors (Lipinski definition) is 1. The highest BCUT2D eigenvalue weighted by Gasteiger charge is 2.32. The van der Waals surface area contributed by atoms with Crippen molar-refractivity contribution in [1.82, 2.24) is 9.88 Å². The van der Waals surface area contributed by atoms with Gasteiger partial charge in [0.15, 0.2) is 0 Å². The van der Waals surface area contributed by atoms with Crippen molar-refractivity contribution in [3.05, 3.63) is 47.5 Å². The van der Waals surface area contributed by atoms with Crippen LogP contribution in [0.3, 0.4) is 0 Å². The maximum atomic E-state index is 13.1. The van der Waals surface area contributed by atoms with Crippen LogP contribution in [0, 0.1) is 0 Å². The van der Waals surface area contributed by atoms with Gasteiger partial charge in [-0.1, -0.05) is 24.3 Å². The van der Waals surface area contributed by atoms with Gasteiger partial charge in [0, 0.05) is 26.2 Å². The van der Waals surface area contributed by atoms with Crippen LogP contribution in [0.5, 0.6) is 0 Å². The molecule has 1 heterocycles. The second kappa shape index (κ2) is 7.74. The largest absolute Gasteiger partial charge is 0.480 e. The van der Waals surface area contributed by atoms with E-state index in [0.29, 0.717) is 12.1 Å². The Labute approximate surface area is 149 Å². The summed E-state index contributed by atoms with van der Waals surface area (Å²) in [7, 11) is 4.95. The normalized spacial score (nSPS) is 11.7. The summed E-state index contributed by atoms with van der Waals surface area (Å²) in [5.74, 6) is -0.700. The molecule has 0 saturated carbocycles. The molecule has 140 valence electrons. The highest BCUT2D eigenvalue weighted by Crippen LogP contribution is 2.33. The van der Waals surface area contributed by atoms with Crippen LogP contribution in [0.1, 0.15) is 11.1 Å². The second-order valence-electron chi connectivity index (χ2n) is 6.25. The zero-order valence-electron chi connectivity index (χ0n) is 14.7. The fraction of sp³-hybridized carbons (Fsp3) is 0.333. The fourth-order valence-electron chi connectivity index (χ4n) is 2.44. The Kier molecular flexibility index (Phi) is 5.86. The molecule has 0 spiro atoms. The molecule has 0 unspecified atom stereocenters. The van der Waals surface area contributed by atoms with Crippen molar-refractivity contribution in [3.8, 4) is 11.3 Å². The van der Waals surface area contributed by atoms with Crippen molar-refractivity contribution in [2.24, 2.45) is 0 Å². The molecule has 5 nitrogen and oxygen atoms in total. The van der Waals surface area contributed by atoms with Crippen LogP contribution in [0.15, 0.2) is 36.4 Å². The van der Waals surface area contributed by atoms with Crippen LogP contribution in [0.25, 0.3) is 11.3 Å². The summed E-state index contributed by atoms with van der Waals surface area (Å²) in [5.41, 5.74) is 0.895. The van der Waals surface area contributed by atoms with Crippen LogP contribution >= 0.6 is 0 Å². The maximum Gasteiger partial charge on any atom is 0.416 e. The molecular formula is C18H20F3N3O2. The lowest BCUT2D eigenvalue weighted by Crippen LogP contribution is -2.25. The summed E-state index contributed by atoms with van der Waals surface area (Å²) >= 11 is 0. The Bertz CT molecular complexity index is 774.